The highest BCUT2D eigenvalue weighted by molar-refractivity contribution is 5.73. The molecule has 0 aromatic heterocycles. The van der Waals surface area contributed by atoms with Crippen molar-refractivity contribution in [2.75, 3.05) is 14.2 Å². The van der Waals surface area contributed by atoms with Crippen LogP contribution in [-0.2, 0) is 16.0 Å². The molecule has 0 heterocycles. The van der Waals surface area contributed by atoms with Gasteiger partial charge in [-0.15, -0.1) is 0 Å². The van der Waals surface area contributed by atoms with Gasteiger partial charge in [-0.3, -0.25) is 4.79 Å². The summed E-state index contributed by atoms with van der Waals surface area (Å²) < 4.78 is 9.74. The fraction of sp³-hybridized carbons (Fsp3) is 0.333. The first-order valence-electron chi connectivity index (χ1n) is 4.77. The molecule has 1 aromatic rings. The van der Waals surface area contributed by atoms with Gasteiger partial charge in [0.15, 0.2) is 0 Å². The molecular weight excluding hydrogens is 206 g/mol. The van der Waals surface area contributed by atoms with Gasteiger partial charge >= 0.3 is 5.97 Å². The Balaban J connectivity index is 3.15. The summed E-state index contributed by atoms with van der Waals surface area (Å²) in [4.78, 5) is 11.2. The second kappa shape index (κ2) is 5.17. The van der Waals surface area contributed by atoms with E-state index in [9.17, 15) is 4.79 Å². The number of ether oxygens (including phenoxy) is 2. The van der Waals surface area contributed by atoms with Crippen molar-refractivity contribution in [3.63, 3.8) is 0 Å². The van der Waals surface area contributed by atoms with E-state index in [1.165, 1.54) is 14.2 Å². The summed E-state index contributed by atoms with van der Waals surface area (Å²) in [7, 11) is 2.85. The number of carbonyl (C=O) groups excluding carboxylic acids is 1. The number of rotatable bonds is 3. The van der Waals surface area contributed by atoms with Crippen molar-refractivity contribution in [1.82, 2.24) is 0 Å². The van der Waals surface area contributed by atoms with E-state index in [2.05, 4.69) is 4.74 Å². The van der Waals surface area contributed by atoms with Crippen molar-refractivity contribution in [2.45, 2.75) is 13.3 Å². The SMILES string of the molecule is COC(=O)Cc1ccc(C#N)c(OC)c1C. The normalized spacial score (nSPS) is 9.38. The Morgan fingerprint density at radius 1 is 1.44 bits per heavy atom. The van der Waals surface area contributed by atoms with Crippen LogP contribution in [0.2, 0.25) is 0 Å². The number of esters is 1. The maximum Gasteiger partial charge on any atom is 0.309 e. The number of nitrogens with zero attached hydrogens (tertiary/aromatic N) is 1. The van der Waals surface area contributed by atoms with E-state index in [0.29, 0.717) is 11.3 Å². The van der Waals surface area contributed by atoms with Crippen molar-refractivity contribution in [1.29, 1.82) is 5.26 Å². The van der Waals surface area contributed by atoms with Crippen molar-refractivity contribution in [3.8, 4) is 11.8 Å². The molecule has 0 bridgehead atoms. The Morgan fingerprint density at radius 3 is 2.62 bits per heavy atom. The van der Waals surface area contributed by atoms with Gasteiger partial charge in [0.25, 0.3) is 0 Å². The van der Waals surface area contributed by atoms with Crippen molar-refractivity contribution in [2.24, 2.45) is 0 Å². The average molecular weight is 219 g/mol. The monoisotopic (exact) mass is 219 g/mol. The average Bonchev–Trinajstić information content (AvgIpc) is 2.31. The Hall–Kier alpha value is -2.02. The molecule has 1 aromatic carbocycles. The van der Waals surface area contributed by atoms with Gasteiger partial charge in [-0.1, -0.05) is 6.07 Å². The van der Waals surface area contributed by atoms with Crippen molar-refractivity contribution >= 4 is 5.97 Å². The lowest BCUT2D eigenvalue weighted by Gasteiger charge is -2.11. The number of methoxy groups -OCH3 is 2. The lowest BCUT2D eigenvalue weighted by Crippen LogP contribution is -2.07. The first-order valence-corrected chi connectivity index (χ1v) is 4.77. The second-order valence-corrected chi connectivity index (χ2v) is 3.30. The molecule has 16 heavy (non-hydrogen) atoms. The van der Waals surface area contributed by atoms with Crippen molar-refractivity contribution in [3.05, 3.63) is 28.8 Å². The summed E-state index contributed by atoms with van der Waals surface area (Å²) in [5.41, 5.74) is 2.07. The highest BCUT2D eigenvalue weighted by Gasteiger charge is 2.12. The highest BCUT2D eigenvalue weighted by Crippen LogP contribution is 2.26. The van der Waals surface area contributed by atoms with Gasteiger partial charge in [-0.05, 0) is 24.1 Å². The molecule has 0 atom stereocenters. The van der Waals surface area contributed by atoms with Crippen LogP contribution in [0.5, 0.6) is 5.75 Å². The quantitative estimate of drug-likeness (QED) is 0.724. The molecule has 0 aliphatic heterocycles. The zero-order valence-corrected chi connectivity index (χ0v) is 9.53. The van der Waals surface area contributed by atoms with Crippen LogP contribution in [0.15, 0.2) is 12.1 Å². The van der Waals surface area contributed by atoms with Crippen LogP contribution in [-0.4, -0.2) is 20.2 Å². The summed E-state index contributed by atoms with van der Waals surface area (Å²) >= 11 is 0. The summed E-state index contributed by atoms with van der Waals surface area (Å²) in [6, 6.07) is 5.43. The first-order chi connectivity index (χ1) is 7.63. The molecule has 4 nitrogen and oxygen atoms in total. The molecule has 0 aliphatic rings. The molecule has 1 rings (SSSR count). The summed E-state index contributed by atoms with van der Waals surface area (Å²) in [6.07, 6.45) is 0.185. The van der Waals surface area contributed by atoms with E-state index in [0.717, 1.165) is 11.1 Å². The van der Waals surface area contributed by atoms with Crippen LogP contribution >= 0.6 is 0 Å². The lowest BCUT2D eigenvalue weighted by atomic mass is 10.0. The van der Waals surface area contributed by atoms with Gasteiger partial charge in [0.2, 0.25) is 0 Å². The maximum absolute atomic E-state index is 11.2. The predicted octanol–water partition coefficient (Wildman–Crippen LogP) is 1.59. The van der Waals surface area contributed by atoms with E-state index in [1.54, 1.807) is 12.1 Å². The van der Waals surface area contributed by atoms with Crippen LogP contribution in [0.1, 0.15) is 16.7 Å². The number of carbonyl (C=O) groups is 1. The van der Waals surface area contributed by atoms with E-state index in [4.69, 9.17) is 10.00 Å². The van der Waals surface area contributed by atoms with Crippen LogP contribution in [0.3, 0.4) is 0 Å². The first kappa shape index (κ1) is 12.1. The number of benzene rings is 1. The Labute approximate surface area is 94.4 Å². The number of nitriles is 1. The van der Waals surface area contributed by atoms with E-state index < -0.39 is 0 Å². The Kier molecular flexibility index (Phi) is 3.90. The third kappa shape index (κ3) is 2.31. The zero-order valence-electron chi connectivity index (χ0n) is 9.53. The van der Waals surface area contributed by atoms with Gasteiger partial charge < -0.3 is 9.47 Å². The minimum atomic E-state index is -0.310. The molecule has 0 amide bonds. The van der Waals surface area contributed by atoms with Gasteiger partial charge in [0, 0.05) is 0 Å². The molecule has 0 unspecified atom stereocenters. The lowest BCUT2D eigenvalue weighted by molar-refractivity contribution is -0.139. The van der Waals surface area contributed by atoms with Gasteiger partial charge in [0.05, 0.1) is 26.2 Å². The van der Waals surface area contributed by atoms with Gasteiger partial charge in [-0.2, -0.15) is 5.26 Å². The predicted molar refractivity (Wildman–Crippen MR) is 58.2 cm³/mol. The second-order valence-electron chi connectivity index (χ2n) is 3.30. The Morgan fingerprint density at radius 2 is 2.12 bits per heavy atom. The van der Waals surface area contributed by atoms with E-state index >= 15 is 0 Å². The molecule has 0 fully saturated rings. The molecule has 4 heteroatoms. The molecule has 0 saturated heterocycles. The standard InChI is InChI=1S/C12H13NO3/c1-8-9(6-11(14)15-2)4-5-10(7-13)12(8)16-3/h4-5H,6H2,1-3H3. The smallest absolute Gasteiger partial charge is 0.309 e. The molecule has 0 saturated carbocycles. The molecule has 0 radical (unpaired) electrons. The molecular formula is C12H13NO3. The third-order valence-electron chi connectivity index (χ3n) is 2.41. The molecule has 84 valence electrons. The minimum absolute atomic E-state index is 0.185. The molecule has 0 aliphatic carbocycles. The van der Waals surface area contributed by atoms with Crippen molar-refractivity contribution < 1.29 is 14.3 Å². The van der Waals surface area contributed by atoms with Crippen LogP contribution in [0.25, 0.3) is 0 Å². The summed E-state index contributed by atoms with van der Waals surface area (Å²) in [5.74, 6) is 0.207. The summed E-state index contributed by atoms with van der Waals surface area (Å²) in [5, 5.41) is 8.87. The number of hydrogen-bond donors (Lipinski definition) is 0. The minimum Gasteiger partial charge on any atom is -0.495 e. The van der Waals surface area contributed by atoms with E-state index in [-0.39, 0.29) is 12.4 Å². The van der Waals surface area contributed by atoms with Gasteiger partial charge in [-0.25, -0.2) is 0 Å². The fourth-order valence-corrected chi connectivity index (χ4v) is 1.50. The largest absolute Gasteiger partial charge is 0.495 e. The topological polar surface area (TPSA) is 59.3 Å². The molecule has 0 spiro atoms. The number of hydrogen-bond acceptors (Lipinski definition) is 4. The molecule has 0 N–H and O–H groups in total. The maximum atomic E-state index is 11.2. The van der Waals surface area contributed by atoms with Crippen LogP contribution in [0.4, 0.5) is 0 Å². The van der Waals surface area contributed by atoms with E-state index in [1.807, 2.05) is 13.0 Å². The van der Waals surface area contributed by atoms with Gasteiger partial charge in [0.1, 0.15) is 11.8 Å². The highest BCUT2D eigenvalue weighted by atomic mass is 16.5. The van der Waals surface area contributed by atoms with Crippen LogP contribution < -0.4 is 4.74 Å². The Bertz CT molecular complexity index is 446. The zero-order chi connectivity index (χ0) is 12.1. The third-order valence-corrected chi connectivity index (χ3v) is 2.41. The fourth-order valence-electron chi connectivity index (χ4n) is 1.50. The van der Waals surface area contributed by atoms with Crippen LogP contribution in [0, 0.1) is 18.3 Å². The summed E-state index contributed by atoms with van der Waals surface area (Å²) in [6.45, 7) is 1.82.